The molecule has 1 atom stereocenters. The normalized spacial score (nSPS) is 11.8. The lowest BCUT2D eigenvalue weighted by molar-refractivity contribution is 0.273. The Morgan fingerprint density at radius 1 is 1.50 bits per heavy atom. The van der Waals surface area contributed by atoms with E-state index < -0.39 is 0 Å². The molecule has 0 N–H and O–H groups in total. The van der Waals surface area contributed by atoms with Crippen molar-refractivity contribution in [2.24, 2.45) is 5.92 Å². The molecule has 2 nitrogen and oxygen atoms in total. The van der Waals surface area contributed by atoms with Gasteiger partial charge in [0.25, 0.3) is 0 Å². The number of thiol groups is 1. The molecule has 0 bridgehead atoms. The maximum absolute atomic E-state index is 8.80. The van der Waals surface area contributed by atoms with Crippen molar-refractivity contribution in [3.05, 3.63) is 29.8 Å². The van der Waals surface area contributed by atoms with Crippen molar-refractivity contribution in [3.8, 4) is 11.8 Å². The molecule has 0 spiro atoms. The van der Waals surface area contributed by atoms with E-state index in [1.807, 2.05) is 18.2 Å². The smallest absolute Gasteiger partial charge is 0.137 e. The molecular weight excluding hydrogens is 194 g/mol. The van der Waals surface area contributed by atoms with Gasteiger partial charge in [0.1, 0.15) is 11.8 Å². The van der Waals surface area contributed by atoms with Gasteiger partial charge in [-0.1, -0.05) is 19.1 Å². The number of para-hydroxylation sites is 1. The Kier molecular flexibility index (Phi) is 4.34. The average molecular weight is 207 g/mol. The third-order valence-electron chi connectivity index (χ3n) is 1.84. The zero-order valence-corrected chi connectivity index (χ0v) is 9.00. The molecule has 0 fully saturated rings. The lowest BCUT2D eigenvalue weighted by Gasteiger charge is -2.11. The number of hydrogen-bond donors (Lipinski definition) is 1. The molecule has 1 unspecified atom stereocenters. The second-order valence-corrected chi connectivity index (χ2v) is 3.57. The van der Waals surface area contributed by atoms with E-state index in [4.69, 9.17) is 10.00 Å². The van der Waals surface area contributed by atoms with Crippen LogP contribution in [0, 0.1) is 17.2 Å². The van der Waals surface area contributed by atoms with Crippen LogP contribution in [0.1, 0.15) is 12.5 Å². The summed E-state index contributed by atoms with van der Waals surface area (Å²) in [7, 11) is 0. The molecule has 0 aliphatic heterocycles. The first kappa shape index (κ1) is 10.9. The molecule has 0 amide bonds. The number of ether oxygens (including phenoxy) is 1. The van der Waals surface area contributed by atoms with E-state index in [-0.39, 0.29) is 0 Å². The molecule has 3 heteroatoms. The van der Waals surface area contributed by atoms with Crippen LogP contribution in [-0.2, 0) is 0 Å². The fraction of sp³-hybridized carbons (Fsp3) is 0.364. The first-order valence-electron chi connectivity index (χ1n) is 4.50. The topological polar surface area (TPSA) is 33.0 Å². The Morgan fingerprint density at radius 2 is 2.21 bits per heavy atom. The summed E-state index contributed by atoms with van der Waals surface area (Å²) in [5.74, 6) is 1.84. The summed E-state index contributed by atoms with van der Waals surface area (Å²) in [5, 5.41) is 8.80. The first-order valence-corrected chi connectivity index (χ1v) is 5.14. The van der Waals surface area contributed by atoms with E-state index in [2.05, 4.69) is 25.6 Å². The van der Waals surface area contributed by atoms with Gasteiger partial charge in [0.15, 0.2) is 0 Å². The number of hydrogen-bond acceptors (Lipinski definition) is 3. The van der Waals surface area contributed by atoms with E-state index in [9.17, 15) is 0 Å². The molecule has 0 aliphatic carbocycles. The Labute approximate surface area is 89.9 Å². The standard InChI is InChI=1S/C11H13NOS/c1-9(8-14)7-13-11-5-3-2-4-10(11)6-12/h2-5,9,14H,7-8H2,1H3. The maximum Gasteiger partial charge on any atom is 0.137 e. The van der Waals surface area contributed by atoms with Crippen LogP contribution in [-0.4, -0.2) is 12.4 Å². The average Bonchev–Trinajstić information content (AvgIpc) is 2.26. The van der Waals surface area contributed by atoms with Crippen molar-refractivity contribution < 1.29 is 4.74 Å². The minimum absolute atomic E-state index is 0.394. The van der Waals surface area contributed by atoms with Gasteiger partial charge in [-0.2, -0.15) is 17.9 Å². The van der Waals surface area contributed by atoms with Gasteiger partial charge in [-0.25, -0.2) is 0 Å². The Balaban J connectivity index is 2.63. The molecule has 0 aromatic heterocycles. The summed E-state index contributed by atoms with van der Waals surface area (Å²) in [6.45, 7) is 2.66. The molecule has 0 saturated heterocycles. The Bertz CT molecular complexity index is 332. The fourth-order valence-electron chi connectivity index (χ4n) is 0.970. The van der Waals surface area contributed by atoms with Crippen LogP contribution in [0.25, 0.3) is 0 Å². The molecule has 0 saturated carbocycles. The van der Waals surface area contributed by atoms with Gasteiger partial charge in [0.2, 0.25) is 0 Å². The summed E-state index contributed by atoms with van der Waals surface area (Å²) in [4.78, 5) is 0. The largest absolute Gasteiger partial charge is 0.492 e. The summed E-state index contributed by atoms with van der Waals surface area (Å²) in [6.07, 6.45) is 0. The second kappa shape index (κ2) is 5.56. The summed E-state index contributed by atoms with van der Waals surface area (Å²) in [6, 6.07) is 9.34. The monoisotopic (exact) mass is 207 g/mol. The van der Waals surface area contributed by atoms with Crippen LogP contribution in [0.4, 0.5) is 0 Å². The number of rotatable bonds is 4. The van der Waals surface area contributed by atoms with Crippen LogP contribution in [0.15, 0.2) is 24.3 Å². The highest BCUT2D eigenvalue weighted by atomic mass is 32.1. The van der Waals surface area contributed by atoms with Crippen molar-refractivity contribution in [1.29, 1.82) is 5.26 Å². The van der Waals surface area contributed by atoms with Gasteiger partial charge in [0.05, 0.1) is 12.2 Å². The highest BCUT2D eigenvalue weighted by molar-refractivity contribution is 7.80. The van der Waals surface area contributed by atoms with Gasteiger partial charge >= 0.3 is 0 Å². The van der Waals surface area contributed by atoms with E-state index in [1.54, 1.807) is 6.07 Å². The zero-order valence-electron chi connectivity index (χ0n) is 8.10. The molecule has 1 rings (SSSR count). The lowest BCUT2D eigenvalue weighted by Crippen LogP contribution is -2.10. The number of benzene rings is 1. The van der Waals surface area contributed by atoms with Gasteiger partial charge in [-0.05, 0) is 23.8 Å². The van der Waals surface area contributed by atoms with Crippen LogP contribution >= 0.6 is 12.6 Å². The Hall–Kier alpha value is -1.14. The van der Waals surface area contributed by atoms with E-state index in [0.717, 1.165) is 5.75 Å². The number of nitrogens with zero attached hydrogens (tertiary/aromatic N) is 1. The van der Waals surface area contributed by atoms with Crippen LogP contribution in [0.2, 0.25) is 0 Å². The minimum Gasteiger partial charge on any atom is -0.492 e. The van der Waals surface area contributed by atoms with Crippen molar-refractivity contribution >= 4 is 12.6 Å². The van der Waals surface area contributed by atoms with Gasteiger partial charge < -0.3 is 4.74 Å². The van der Waals surface area contributed by atoms with Gasteiger partial charge in [-0.15, -0.1) is 0 Å². The summed E-state index contributed by atoms with van der Waals surface area (Å²) in [5.41, 5.74) is 0.582. The van der Waals surface area contributed by atoms with Crippen molar-refractivity contribution in [3.63, 3.8) is 0 Å². The van der Waals surface area contributed by atoms with E-state index in [0.29, 0.717) is 23.8 Å². The third kappa shape index (κ3) is 2.97. The summed E-state index contributed by atoms with van der Waals surface area (Å²) >= 11 is 4.17. The van der Waals surface area contributed by atoms with Gasteiger partial charge in [-0.3, -0.25) is 0 Å². The molecule has 0 radical (unpaired) electrons. The van der Waals surface area contributed by atoms with Crippen LogP contribution in [0.5, 0.6) is 5.75 Å². The zero-order chi connectivity index (χ0) is 10.4. The molecule has 14 heavy (non-hydrogen) atoms. The highest BCUT2D eigenvalue weighted by Gasteiger charge is 2.04. The quantitative estimate of drug-likeness (QED) is 0.769. The predicted octanol–water partition coefficient (Wildman–Crippen LogP) is 2.50. The van der Waals surface area contributed by atoms with Crippen molar-refractivity contribution in [2.75, 3.05) is 12.4 Å². The Morgan fingerprint density at radius 3 is 2.86 bits per heavy atom. The second-order valence-electron chi connectivity index (χ2n) is 3.21. The van der Waals surface area contributed by atoms with E-state index in [1.165, 1.54) is 0 Å². The molecule has 1 aromatic carbocycles. The SMILES string of the molecule is CC(CS)COc1ccccc1C#N. The predicted molar refractivity (Wildman–Crippen MR) is 59.7 cm³/mol. The fourth-order valence-corrected chi connectivity index (χ4v) is 1.08. The van der Waals surface area contributed by atoms with E-state index >= 15 is 0 Å². The number of nitriles is 1. The van der Waals surface area contributed by atoms with Crippen LogP contribution in [0.3, 0.4) is 0 Å². The third-order valence-corrected chi connectivity index (χ3v) is 2.47. The summed E-state index contributed by atoms with van der Waals surface area (Å²) < 4.78 is 5.51. The van der Waals surface area contributed by atoms with Crippen molar-refractivity contribution in [1.82, 2.24) is 0 Å². The van der Waals surface area contributed by atoms with Crippen LogP contribution < -0.4 is 4.74 Å². The minimum atomic E-state index is 0.394. The van der Waals surface area contributed by atoms with Gasteiger partial charge in [0, 0.05) is 0 Å². The first-order chi connectivity index (χ1) is 6.77. The van der Waals surface area contributed by atoms with Crippen molar-refractivity contribution in [2.45, 2.75) is 6.92 Å². The molecule has 74 valence electrons. The molecule has 0 heterocycles. The highest BCUT2D eigenvalue weighted by Crippen LogP contribution is 2.17. The molecular formula is C11H13NOS. The lowest BCUT2D eigenvalue weighted by atomic mass is 10.2. The molecule has 1 aromatic rings. The maximum atomic E-state index is 8.80. The molecule has 0 aliphatic rings.